The van der Waals surface area contributed by atoms with E-state index in [4.69, 9.17) is 4.74 Å². The lowest BCUT2D eigenvalue weighted by Gasteiger charge is -2.09. The van der Waals surface area contributed by atoms with E-state index in [1.54, 1.807) is 19.4 Å². The predicted molar refractivity (Wildman–Crippen MR) is 99.7 cm³/mol. The lowest BCUT2D eigenvalue weighted by atomic mass is 10.1. The number of halogens is 1. The Morgan fingerprint density at radius 2 is 2.29 bits per heavy atom. The Balaban J connectivity index is 1.80. The van der Waals surface area contributed by atoms with Crippen LogP contribution < -0.4 is 4.74 Å². The lowest BCUT2D eigenvalue weighted by Crippen LogP contribution is -2.02. The standard InChI is InChI=1S/C18H15BrN2O2S/c1-23-17-6-4-13(9-14(17)11-21-8-2-7-20-21)3-5-16(22)18-10-15(19)12-24-18/h2-10,12H,11H2,1H3/b5-3+. The lowest BCUT2D eigenvalue weighted by molar-refractivity contribution is 0.105. The molecular weight excluding hydrogens is 388 g/mol. The number of thiophene rings is 1. The van der Waals surface area contributed by atoms with Gasteiger partial charge in [0, 0.05) is 27.8 Å². The molecule has 0 aliphatic heterocycles. The van der Waals surface area contributed by atoms with Crippen LogP contribution in [0, 0.1) is 0 Å². The van der Waals surface area contributed by atoms with E-state index in [1.165, 1.54) is 11.3 Å². The topological polar surface area (TPSA) is 44.1 Å². The van der Waals surface area contributed by atoms with Crippen LogP contribution >= 0.6 is 27.3 Å². The molecule has 0 fully saturated rings. The summed E-state index contributed by atoms with van der Waals surface area (Å²) in [6.07, 6.45) is 7.06. The second kappa shape index (κ2) is 7.59. The predicted octanol–water partition coefficient (Wildman–Crippen LogP) is 4.66. The van der Waals surface area contributed by atoms with Crippen molar-refractivity contribution in [1.29, 1.82) is 0 Å². The molecule has 0 aliphatic carbocycles. The van der Waals surface area contributed by atoms with Crippen molar-refractivity contribution in [2.24, 2.45) is 0 Å². The van der Waals surface area contributed by atoms with Crippen LogP contribution in [0.4, 0.5) is 0 Å². The molecule has 0 aliphatic rings. The Kier molecular flexibility index (Phi) is 5.27. The monoisotopic (exact) mass is 402 g/mol. The van der Waals surface area contributed by atoms with Crippen LogP contribution in [0.2, 0.25) is 0 Å². The fourth-order valence-corrected chi connectivity index (χ4v) is 3.64. The third-order valence-corrected chi connectivity index (χ3v) is 5.14. The summed E-state index contributed by atoms with van der Waals surface area (Å²) >= 11 is 4.79. The van der Waals surface area contributed by atoms with Gasteiger partial charge in [0.05, 0.1) is 18.5 Å². The van der Waals surface area contributed by atoms with E-state index < -0.39 is 0 Å². The van der Waals surface area contributed by atoms with E-state index in [0.717, 1.165) is 21.3 Å². The van der Waals surface area contributed by atoms with Crippen LogP contribution in [0.3, 0.4) is 0 Å². The summed E-state index contributed by atoms with van der Waals surface area (Å²) in [6, 6.07) is 9.56. The van der Waals surface area contributed by atoms with Gasteiger partial charge in [-0.3, -0.25) is 9.48 Å². The smallest absolute Gasteiger partial charge is 0.195 e. The van der Waals surface area contributed by atoms with E-state index >= 15 is 0 Å². The van der Waals surface area contributed by atoms with Crippen molar-refractivity contribution in [2.75, 3.05) is 7.11 Å². The number of benzene rings is 1. The summed E-state index contributed by atoms with van der Waals surface area (Å²) in [5.41, 5.74) is 1.96. The second-order valence-electron chi connectivity index (χ2n) is 5.10. The van der Waals surface area contributed by atoms with Gasteiger partial charge in [-0.05, 0) is 51.8 Å². The molecule has 2 heterocycles. The third-order valence-electron chi connectivity index (χ3n) is 3.43. The number of rotatable bonds is 6. The summed E-state index contributed by atoms with van der Waals surface area (Å²) in [5, 5.41) is 6.12. The quantitative estimate of drug-likeness (QED) is 0.444. The average molecular weight is 403 g/mol. The SMILES string of the molecule is COc1ccc(/C=C/C(=O)c2cc(Br)cs2)cc1Cn1cccn1. The van der Waals surface area contributed by atoms with Crippen LogP contribution in [0.1, 0.15) is 20.8 Å². The first-order valence-electron chi connectivity index (χ1n) is 7.26. The first kappa shape index (κ1) is 16.7. The maximum absolute atomic E-state index is 12.2. The van der Waals surface area contributed by atoms with Crippen molar-refractivity contribution in [2.45, 2.75) is 6.54 Å². The molecule has 3 rings (SSSR count). The van der Waals surface area contributed by atoms with Gasteiger partial charge in [-0.25, -0.2) is 0 Å². The first-order valence-corrected chi connectivity index (χ1v) is 8.94. The molecule has 0 saturated carbocycles. The molecule has 0 amide bonds. The zero-order valence-corrected chi connectivity index (χ0v) is 15.4. The highest BCUT2D eigenvalue weighted by Crippen LogP contribution is 2.23. The minimum atomic E-state index is -0.00450. The van der Waals surface area contributed by atoms with Crippen LogP contribution in [-0.4, -0.2) is 22.7 Å². The highest BCUT2D eigenvalue weighted by Gasteiger charge is 2.07. The minimum Gasteiger partial charge on any atom is -0.496 e. The minimum absolute atomic E-state index is 0.00450. The van der Waals surface area contributed by atoms with Gasteiger partial charge in [0.2, 0.25) is 0 Å². The Bertz CT molecular complexity index is 869. The van der Waals surface area contributed by atoms with Gasteiger partial charge < -0.3 is 4.74 Å². The maximum atomic E-state index is 12.2. The third kappa shape index (κ3) is 4.01. The molecule has 122 valence electrons. The van der Waals surface area contributed by atoms with Gasteiger partial charge in [0.15, 0.2) is 5.78 Å². The Morgan fingerprint density at radius 1 is 1.42 bits per heavy atom. The van der Waals surface area contributed by atoms with Crippen molar-refractivity contribution in [3.63, 3.8) is 0 Å². The Hall–Kier alpha value is -2.18. The number of hydrogen-bond acceptors (Lipinski definition) is 4. The molecule has 6 heteroatoms. The fourth-order valence-electron chi connectivity index (χ4n) is 2.29. The number of allylic oxidation sites excluding steroid dienone is 1. The Morgan fingerprint density at radius 3 is 2.96 bits per heavy atom. The van der Waals surface area contributed by atoms with Crippen molar-refractivity contribution >= 4 is 39.1 Å². The molecule has 0 spiro atoms. The molecule has 4 nitrogen and oxygen atoms in total. The van der Waals surface area contributed by atoms with Crippen LogP contribution in [0.5, 0.6) is 5.75 Å². The molecule has 1 aromatic carbocycles. The van der Waals surface area contributed by atoms with Crippen molar-refractivity contribution in [3.05, 3.63) is 74.7 Å². The zero-order chi connectivity index (χ0) is 16.9. The van der Waals surface area contributed by atoms with E-state index in [1.807, 2.05) is 52.7 Å². The Labute approximate surface area is 152 Å². The number of nitrogens with zero attached hydrogens (tertiary/aromatic N) is 2. The van der Waals surface area contributed by atoms with Gasteiger partial charge in [0.1, 0.15) is 5.75 Å². The molecule has 0 bridgehead atoms. The van der Waals surface area contributed by atoms with E-state index in [0.29, 0.717) is 11.4 Å². The zero-order valence-electron chi connectivity index (χ0n) is 13.0. The van der Waals surface area contributed by atoms with Crippen molar-refractivity contribution < 1.29 is 9.53 Å². The van der Waals surface area contributed by atoms with Crippen LogP contribution in [-0.2, 0) is 6.54 Å². The first-order chi connectivity index (χ1) is 11.7. The highest BCUT2D eigenvalue weighted by atomic mass is 79.9. The molecule has 0 N–H and O–H groups in total. The summed E-state index contributed by atoms with van der Waals surface area (Å²) in [6.45, 7) is 0.615. The summed E-state index contributed by atoms with van der Waals surface area (Å²) < 4.78 is 8.17. The fraction of sp³-hybridized carbons (Fsp3) is 0.111. The molecule has 0 saturated heterocycles. The molecule has 0 atom stereocenters. The normalized spacial score (nSPS) is 11.1. The number of aromatic nitrogens is 2. The van der Waals surface area contributed by atoms with Crippen LogP contribution in [0.15, 0.2) is 58.7 Å². The van der Waals surface area contributed by atoms with E-state index in [9.17, 15) is 4.79 Å². The van der Waals surface area contributed by atoms with Gasteiger partial charge in [0.25, 0.3) is 0 Å². The number of carbonyl (C=O) groups excluding carboxylic acids is 1. The summed E-state index contributed by atoms with van der Waals surface area (Å²) in [5.74, 6) is 0.798. The van der Waals surface area contributed by atoms with Gasteiger partial charge in [-0.15, -0.1) is 11.3 Å². The molecule has 2 aromatic heterocycles. The second-order valence-corrected chi connectivity index (χ2v) is 6.93. The number of hydrogen-bond donors (Lipinski definition) is 0. The molecule has 3 aromatic rings. The number of ether oxygens (including phenoxy) is 1. The average Bonchev–Trinajstić information content (AvgIpc) is 3.24. The number of methoxy groups -OCH3 is 1. The van der Waals surface area contributed by atoms with E-state index in [-0.39, 0.29) is 5.78 Å². The van der Waals surface area contributed by atoms with E-state index in [2.05, 4.69) is 21.0 Å². The summed E-state index contributed by atoms with van der Waals surface area (Å²) in [7, 11) is 1.65. The molecular formula is C18H15BrN2O2S. The maximum Gasteiger partial charge on any atom is 0.195 e. The van der Waals surface area contributed by atoms with Crippen molar-refractivity contribution in [1.82, 2.24) is 9.78 Å². The summed E-state index contributed by atoms with van der Waals surface area (Å²) in [4.78, 5) is 12.9. The number of ketones is 1. The van der Waals surface area contributed by atoms with Crippen molar-refractivity contribution in [3.8, 4) is 5.75 Å². The van der Waals surface area contributed by atoms with Gasteiger partial charge in [-0.1, -0.05) is 12.1 Å². The molecule has 0 radical (unpaired) electrons. The molecule has 0 unspecified atom stereocenters. The highest BCUT2D eigenvalue weighted by molar-refractivity contribution is 9.10. The largest absolute Gasteiger partial charge is 0.496 e. The van der Waals surface area contributed by atoms with Gasteiger partial charge in [-0.2, -0.15) is 5.10 Å². The number of carbonyl (C=O) groups is 1. The van der Waals surface area contributed by atoms with Crippen LogP contribution in [0.25, 0.3) is 6.08 Å². The van der Waals surface area contributed by atoms with Gasteiger partial charge >= 0.3 is 0 Å². The molecule has 24 heavy (non-hydrogen) atoms.